The summed E-state index contributed by atoms with van der Waals surface area (Å²) in [5, 5.41) is 4.78. The summed E-state index contributed by atoms with van der Waals surface area (Å²) >= 11 is 6.31. The third kappa shape index (κ3) is 3.50. The van der Waals surface area contributed by atoms with E-state index in [4.69, 9.17) is 25.8 Å². The molecule has 0 bridgehead atoms. The van der Waals surface area contributed by atoms with E-state index in [0.29, 0.717) is 29.4 Å². The Labute approximate surface area is 138 Å². The zero-order chi connectivity index (χ0) is 17.0. The van der Waals surface area contributed by atoms with E-state index in [1.54, 1.807) is 6.07 Å². The lowest BCUT2D eigenvalue weighted by Crippen LogP contribution is -2.22. The lowest BCUT2D eigenvalue weighted by Gasteiger charge is -2.16. The number of rotatable bonds is 6. The second kappa shape index (κ2) is 7.23. The van der Waals surface area contributed by atoms with Crippen LogP contribution in [0.3, 0.4) is 0 Å². The minimum Gasteiger partial charge on any atom is -0.496 e. The normalized spacial score (nSPS) is 15.4. The fraction of sp³-hybridized carbons (Fsp3) is 0.333. The molecule has 1 fully saturated rings. The third-order valence-electron chi connectivity index (χ3n) is 3.08. The topological polar surface area (TPSA) is 85.9 Å². The molecule has 0 saturated carbocycles. The first-order valence-electron chi connectivity index (χ1n) is 6.93. The maximum atomic E-state index is 11.7. The smallest absolute Gasteiger partial charge is 0.326 e. The number of hydrogen-bond donors (Lipinski definition) is 2. The van der Waals surface area contributed by atoms with Gasteiger partial charge in [0.1, 0.15) is 22.2 Å². The lowest BCUT2D eigenvalue weighted by atomic mass is 10.1. The van der Waals surface area contributed by atoms with Crippen LogP contribution in [0.25, 0.3) is 6.08 Å². The van der Waals surface area contributed by atoms with Crippen molar-refractivity contribution >= 4 is 29.6 Å². The van der Waals surface area contributed by atoms with Gasteiger partial charge in [-0.15, -0.1) is 0 Å². The minimum absolute atomic E-state index is 0.0740. The Morgan fingerprint density at radius 2 is 1.91 bits per heavy atom. The summed E-state index contributed by atoms with van der Waals surface area (Å²) in [6.07, 6.45) is 2.26. The van der Waals surface area contributed by atoms with Gasteiger partial charge in [0.25, 0.3) is 5.91 Å². The highest BCUT2D eigenvalue weighted by atomic mass is 35.5. The van der Waals surface area contributed by atoms with Crippen molar-refractivity contribution in [3.63, 3.8) is 0 Å². The maximum Gasteiger partial charge on any atom is 0.326 e. The number of halogens is 1. The summed E-state index contributed by atoms with van der Waals surface area (Å²) < 4.78 is 16.2. The van der Waals surface area contributed by atoms with Crippen LogP contribution in [0.15, 0.2) is 11.8 Å². The number of ether oxygens (including phenoxy) is 3. The predicted molar refractivity (Wildman–Crippen MR) is 85.0 cm³/mol. The molecule has 1 aromatic rings. The number of methoxy groups -OCH3 is 2. The molecule has 0 atom stereocenters. The van der Waals surface area contributed by atoms with Gasteiger partial charge in [0.15, 0.2) is 5.75 Å². The summed E-state index contributed by atoms with van der Waals surface area (Å²) in [5.41, 5.74) is 0.501. The van der Waals surface area contributed by atoms with Gasteiger partial charge in [0, 0.05) is 6.07 Å². The summed E-state index contributed by atoms with van der Waals surface area (Å²) in [4.78, 5) is 22.9. The highest BCUT2D eigenvalue weighted by Gasteiger charge is 2.25. The van der Waals surface area contributed by atoms with Crippen LogP contribution in [0.1, 0.15) is 18.9 Å². The summed E-state index contributed by atoms with van der Waals surface area (Å²) in [5.74, 6) is 0.572. The standard InChI is InChI=1S/C15H17ClN2O5/c1-4-5-23-11-7-10(21-2)8(13(22-3)12(11)16)6-9-14(19)18-15(20)17-9/h6-7H,4-5H2,1-3H3,(H2,17,18,19,20)/b9-6-. The first-order chi connectivity index (χ1) is 11.0. The van der Waals surface area contributed by atoms with E-state index >= 15 is 0 Å². The molecule has 0 aromatic heterocycles. The molecule has 7 nitrogen and oxygen atoms in total. The average Bonchev–Trinajstić information content (AvgIpc) is 2.84. The molecule has 2 N–H and O–H groups in total. The summed E-state index contributed by atoms with van der Waals surface area (Å²) in [6.45, 7) is 2.47. The Morgan fingerprint density at radius 1 is 1.17 bits per heavy atom. The fourth-order valence-corrected chi connectivity index (χ4v) is 2.34. The quantitative estimate of drug-likeness (QED) is 0.613. The number of amides is 3. The fourth-order valence-electron chi connectivity index (χ4n) is 2.05. The van der Waals surface area contributed by atoms with E-state index < -0.39 is 11.9 Å². The Bertz CT molecular complexity index is 672. The second-order valence-electron chi connectivity index (χ2n) is 4.65. The molecule has 0 spiro atoms. The number of carbonyl (C=O) groups excluding carboxylic acids is 2. The van der Waals surface area contributed by atoms with Crippen LogP contribution in [-0.2, 0) is 4.79 Å². The van der Waals surface area contributed by atoms with Gasteiger partial charge < -0.3 is 19.5 Å². The number of nitrogens with one attached hydrogen (secondary N) is 2. The van der Waals surface area contributed by atoms with Gasteiger partial charge in [-0.3, -0.25) is 10.1 Å². The monoisotopic (exact) mass is 340 g/mol. The van der Waals surface area contributed by atoms with E-state index in [2.05, 4.69) is 10.6 Å². The molecule has 2 rings (SSSR count). The molecule has 1 heterocycles. The van der Waals surface area contributed by atoms with Crippen LogP contribution in [0, 0.1) is 0 Å². The van der Waals surface area contributed by atoms with E-state index in [1.807, 2.05) is 6.92 Å². The second-order valence-corrected chi connectivity index (χ2v) is 5.03. The Balaban J connectivity index is 2.54. The highest BCUT2D eigenvalue weighted by Crippen LogP contribution is 2.43. The molecule has 1 aromatic carbocycles. The Hall–Kier alpha value is -2.41. The van der Waals surface area contributed by atoms with Crippen LogP contribution in [0.4, 0.5) is 4.79 Å². The molecular weight excluding hydrogens is 324 g/mol. The number of hydrogen-bond acceptors (Lipinski definition) is 5. The van der Waals surface area contributed by atoms with Crippen molar-refractivity contribution < 1.29 is 23.8 Å². The van der Waals surface area contributed by atoms with Crippen LogP contribution >= 0.6 is 11.6 Å². The van der Waals surface area contributed by atoms with Crippen molar-refractivity contribution in [1.29, 1.82) is 0 Å². The molecule has 8 heteroatoms. The minimum atomic E-state index is -0.590. The zero-order valence-electron chi connectivity index (χ0n) is 13.0. The maximum absolute atomic E-state index is 11.7. The molecule has 0 unspecified atom stereocenters. The number of benzene rings is 1. The van der Waals surface area contributed by atoms with Crippen LogP contribution in [0.2, 0.25) is 5.02 Å². The molecule has 23 heavy (non-hydrogen) atoms. The van der Waals surface area contributed by atoms with Crippen molar-refractivity contribution in [3.05, 3.63) is 22.3 Å². The van der Waals surface area contributed by atoms with Gasteiger partial charge in [-0.05, 0) is 12.5 Å². The van der Waals surface area contributed by atoms with Gasteiger partial charge in [0.05, 0.1) is 26.4 Å². The van der Waals surface area contributed by atoms with Gasteiger partial charge in [0.2, 0.25) is 0 Å². The van der Waals surface area contributed by atoms with E-state index in [1.165, 1.54) is 20.3 Å². The van der Waals surface area contributed by atoms with Crippen molar-refractivity contribution in [2.24, 2.45) is 0 Å². The van der Waals surface area contributed by atoms with Crippen LogP contribution < -0.4 is 24.8 Å². The molecule has 124 valence electrons. The first-order valence-corrected chi connectivity index (χ1v) is 7.30. The highest BCUT2D eigenvalue weighted by molar-refractivity contribution is 6.34. The lowest BCUT2D eigenvalue weighted by molar-refractivity contribution is -0.115. The zero-order valence-corrected chi connectivity index (χ0v) is 13.7. The van der Waals surface area contributed by atoms with E-state index in [-0.39, 0.29) is 10.7 Å². The summed E-state index contributed by atoms with van der Waals surface area (Å²) in [7, 11) is 2.92. The molecular formula is C15H17ClN2O5. The molecule has 3 amide bonds. The number of imide groups is 1. The van der Waals surface area contributed by atoms with Crippen molar-refractivity contribution in [2.75, 3.05) is 20.8 Å². The average molecular weight is 341 g/mol. The van der Waals surface area contributed by atoms with Crippen molar-refractivity contribution in [1.82, 2.24) is 10.6 Å². The molecule has 0 aliphatic carbocycles. The molecule has 1 aliphatic rings. The van der Waals surface area contributed by atoms with E-state index in [9.17, 15) is 9.59 Å². The Morgan fingerprint density at radius 3 is 2.43 bits per heavy atom. The van der Waals surface area contributed by atoms with Crippen LogP contribution in [0.5, 0.6) is 17.2 Å². The number of carbonyl (C=O) groups is 2. The van der Waals surface area contributed by atoms with Gasteiger partial charge in [-0.2, -0.15) is 0 Å². The van der Waals surface area contributed by atoms with Gasteiger partial charge >= 0.3 is 6.03 Å². The first kappa shape index (κ1) is 17.0. The number of urea groups is 1. The van der Waals surface area contributed by atoms with Crippen LogP contribution in [-0.4, -0.2) is 32.8 Å². The van der Waals surface area contributed by atoms with Gasteiger partial charge in [-0.1, -0.05) is 18.5 Å². The summed E-state index contributed by atoms with van der Waals surface area (Å²) in [6, 6.07) is 1.02. The Kier molecular flexibility index (Phi) is 5.33. The molecule has 0 radical (unpaired) electrons. The largest absolute Gasteiger partial charge is 0.496 e. The third-order valence-corrected chi connectivity index (χ3v) is 3.44. The molecule has 1 aliphatic heterocycles. The predicted octanol–water partition coefficient (Wildman–Crippen LogP) is 2.33. The van der Waals surface area contributed by atoms with Crippen molar-refractivity contribution in [3.8, 4) is 17.2 Å². The SMILES string of the molecule is CCCOc1cc(OC)c(/C=C2\NC(=O)NC2=O)c(OC)c1Cl. The van der Waals surface area contributed by atoms with Crippen molar-refractivity contribution in [2.45, 2.75) is 13.3 Å². The molecule has 1 saturated heterocycles. The van der Waals surface area contributed by atoms with E-state index in [0.717, 1.165) is 6.42 Å². The van der Waals surface area contributed by atoms with Gasteiger partial charge in [-0.25, -0.2) is 4.79 Å².